The number of piperidine rings is 1. The van der Waals surface area contributed by atoms with Gasteiger partial charge in [-0.2, -0.15) is 26.3 Å². The molecule has 2 unspecified atom stereocenters. The quantitative estimate of drug-likeness (QED) is 0.349. The summed E-state index contributed by atoms with van der Waals surface area (Å²) in [5, 5.41) is 11.0. The molecule has 2 atom stereocenters. The van der Waals surface area contributed by atoms with Gasteiger partial charge in [0.15, 0.2) is 0 Å². The Morgan fingerprint density at radius 2 is 1.56 bits per heavy atom. The number of halogens is 6. The molecular weight excluding hydrogens is 534 g/mol. The van der Waals surface area contributed by atoms with Crippen molar-refractivity contribution in [3.63, 3.8) is 0 Å². The summed E-state index contributed by atoms with van der Waals surface area (Å²) in [4.78, 5) is 37.1. The topological polar surface area (TPSA) is 95.9 Å². The van der Waals surface area contributed by atoms with Crippen molar-refractivity contribution < 1.29 is 50.6 Å². The van der Waals surface area contributed by atoms with E-state index in [1.807, 2.05) is 0 Å². The highest BCUT2D eigenvalue weighted by Gasteiger charge is 2.39. The molecule has 1 heterocycles. The Morgan fingerprint density at radius 3 is 2.13 bits per heavy atom. The molecule has 39 heavy (non-hydrogen) atoms. The molecule has 0 aliphatic carbocycles. The Morgan fingerprint density at radius 1 is 0.949 bits per heavy atom. The molecule has 3 rings (SSSR count). The van der Waals surface area contributed by atoms with Crippen LogP contribution in [0.2, 0.25) is 0 Å². The number of benzene rings is 2. The molecule has 13 heteroatoms. The molecule has 0 saturated carbocycles. The minimum Gasteiger partial charge on any atom is -0.480 e. The largest absolute Gasteiger partial charge is 0.480 e. The summed E-state index contributed by atoms with van der Waals surface area (Å²) in [6.45, 7) is -0.773. The molecule has 2 aromatic carbocycles. The fraction of sp³-hybridized carbons (Fsp3) is 0.423. The van der Waals surface area contributed by atoms with E-state index >= 15 is 0 Å². The van der Waals surface area contributed by atoms with Crippen LogP contribution in [0.25, 0.3) is 0 Å². The summed E-state index contributed by atoms with van der Waals surface area (Å²) in [6.07, 6.45) is -9.33. The maximum absolute atomic E-state index is 13.4. The number of alkyl halides is 6. The summed E-state index contributed by atoms with van der Waals surface area (Å²) >= 11 is 0. The van der Waals surface area contributed by atoms with Gasteiger partial charge in [0.2, 0.25) is 0 Å². The second kappa shape index (κ2) is 12.5. The third-order valence-electron chi connectivity index (χ3n) is 6.26. The van der Waals surface area contributed by atoms with Gasteiger partial charge in [-0.3, -0.25) is 19.7 Å². The Hall–Kier alpha value is -3.61. The summed E-state index contributed by atoms with van der Waals surface area (Å²) in [5.74, 6) is -3.02. The van der Waals surface area contributed by atoms with Gasteiger partial charge in [-0.15, -0.1) is 0 Å². The fourth-order valence-corrected chi connectivity index (χ4v) is 4.41. The standard InChI is InChI=1S/C26H26F6N2O5/c27-25(28,29)19-10-18(11-20(12-19)26(30,31)32)24(38)34-7-6-17(15-39-23(37)14-33-13-22(35)36)9-21(34)8-16-4-2-1-3-5-16/h1-5,10-12,17,21,33H,6-9,13-15H2,(H,35,36). The third-order valence-corrected chi connectivity index (χ3v) is 6.26. The van der Waals surface area contributed by atoms with Crippen LogP contribution in [0.3, 0.4) is 0 Å². The number of nitrogens with zero attached hydrogens (tertiary/aromatic N) is 1. The normalized spacial score (nSPS) is 18.1. The number of esters is 1. The highest BCUT2D eigenvalue weighted by atomic mass is 19.4. The summed E-state index contributed by atoms with van der Waals surface area (Å²) in [6, 6.07) is 9.10. The zero-order chi connectivity index (χ0) is 28.8. The maximum Gasteiger partial charge on any atom is 0.416 e. The van der Waals surface area contributed by atoms with E-state index in [0.717, 1.165) is 5.56 Å². The Bertz CT molecular complexity index is 1140. The molecule has 0 bridgehead atoms. The van der Waals surface area contributed by atoms with Crippen molar-refractivity contribution in [2.75, 3.05) is 26.2 Å². The van der Waals surface area contributed by atoms with E-state index < -0.39 is 59.5 Å². The van der Waals surface area contributed by atoms with Gasteiger partial charge in [-0.25, -0.2) is 0 Å². The van der Waals surface area contributed by atoms with Crippen LogP contribution < -0.4 is 5.32 Å². The highest BCUT2D eigenvalue weighted by Crippen LogP contribution is 2.37. The van der Waals surface area contributed by atoms with E-state index in [4.69, 9.17) is 9.84 Å². The van der Waals surface area contributed by atoms with Crippen LogP contribution in [-0.2, 0) is 33.1 Å². The SMILES string of the molecule is O=C(O)CNCC(=O)OCC1CCN(C(=O)c2cc(C(F)(F)F)cc(C(F)(F)F)c2)C(Cc2ccccc2)C1. The Labute approximate surface area is 219 Å². The monoisotopic (exact) mass is 560 g/mol. The zero-order valence-electron chi connectivity index (χ0n) is 20.5. The summed E-state index contributed by atoms with van der Waals surface area (Å²) < 4.78 is 85.3. The van der Waals surface area contributed by atoms with Gasteiger partial charge in [0.05, 0.1) is 30.8 Å². The number of carboxylic acids is 1. The van der Waals surface area contributed by atoms with Crippen molar-refractivity contribution in [3.05, 3.63) is 70.8 Å². The van der Waals surface area contributed by atoms with Gasteiger partial charge in [0.25, 0.3) is 5.91 Å². The average Bonchev–Trinajstić information content (AvgIpc) is 2.86. The lowest BCUT2D eigenvalue weighted by molar-refractivity contribution is -0.145. The predicted molar refractivity (Wildman–Crippen MR) is 126 cm³/mol. The molecule has 2 aromatic rings. The van der Waals surface area contributed by atoms with Crippen LogP contribution >= 0.6 is 0 Å². The van der Waals surface area contributed by atoms with Crippen molar-refractivity contribution in [1.82, 2.24) is 10.2 Å². The molecule has 7 nitrogen and oxygen atoms in total. The molecule has 0 spiro atoms. The highest BCUT2D eigenvalue weighted by molar-refractivity contribution is 5.95. The van der Waals surface area contributed by atoms with Crippen molar-refractivity contribution >= 4 is 17.8 Å². The number of carbonyl (C=O) groups excluding carboxylic acids is 2. The van der Waals surface area contributed by atoms with Crippen molar-refractivity contribution in [2.24, 2.45) is 5.92 Å². The number of amides is 1. The van der Waals surface area contributed by atoms with E-state index in [9.17, 15) is 40.7 Å². The number of rotatable bonds is 9. The van der Waals surface area contributed by atoms with Gasteiger partial charge < -0.3 is 14.7 Å². The van der Waals surface area contributed by atoms with E-state index in [1.54, 1.807) is 30.3 Å². The van der Waals surface area contributed by atoms with Gasteiger partial charge >= 0.3 is 24.3 Å². The fourth-order valence-electron chi connectivity index (χ4n) is 4.41. The predicted octanol–water partition coefficient (Wildman–Crippen LogP) is 4.41. The molecule has 1 aliphatic heterocycles. The van der Waals surface area contributed by atoms with Gasteiger partial charge in [-0.1, -0.05) is 30.3 Å². The molecule has 0 radical (unpaired) electrons. The van der Waals surface area contributed by atoms with Crippen LogP contribution in [0.1, 0.15) is 39.9 Å². The Balaban J connectivity index is 1.81. The van der Waals surface area contributed by atoms with E-state index in [1.165, 1.54) is 4.90 Å². The molecule has 1 aliphatic rings. The first-order valence-electron chi connectivity index (χ1n) is 12.0. The molecular formula is C26H26F6N2O5. The Kier molecular flexibility index (Phi) is 9.59. The van der Waals surface area contributed by atoms with E-state index in [-0.39, 0.29) is 50.9 Å². The summed E-state index contributed by atoms with van der Waals surface area (Å²) in [5.41, 5.74) is -3.06. The third kappa shape index (κ3) is 8.70. The molecule has 1 amide bonds. The lowest BCUT2D eigenvalue weighted by Gasteiger charge is -2.40. The lowest BCUT2D eigenvalue weighted by atomic mass is 9.87. The molecule has 1 saturated heterocycles. The van der Waals surface area contributed by atoms with Crippen molar-refractivity contribution in [3.8, 4) is 0 Å². The van der Waals surface area contributed by atoms with E-state index in [2.05, 4.69) is 5.32 Å². The van der Waals surface area contributed by atoms with Crippen molar-refractivity contribution in [2.45, 2.75) is 37.7 Å². The second-order valence-corrected chi connectivity index (χ2v) is 9.21. The summed E-state index contributed by atoms with van der Waals surface area (Å²) in [7, 11) is 0. The first-order chi connectivity index (χ1) is 18.2. The smallest absolute Gasteiger partial charge is 0.416 e. The maximum atomic E-state index is 13.4. The number of carbonyl (C=O) groups is 3. The number of hydrogen-bond donors (Lipinski definition) is 2. The first-order valence-corrected chi connectivity index (χ1v) is 12.0. The molecule has 0 aromatic heterocycles. The van der Waals surface area contributed by atoms with Gasteiger partial charge in [0, 0.05) is 18.2 Å². The van der Waals surface area contributed by atoms with Crippen LogP contribution in [0, 0.1) is 5.92 Å². The zero-order valence-corrected chi connectivity index (χ0v) is 20.5. The van der Waals surface area contributed by atoms with Crippen LogP contribution in [0.5, 0.6) is 0 Å². The lowest BCUT2D eigenvalue weighted by Crippen LogP contribution is -2.48. The van der Waals surface area contributed by atoms with Gasteiger partial charge in [0.1, 0.15) is 0 Å². The van der Waals surface area contributed by atoms with E-state index in [0.29, 0.717) is 12.1 Å². The number of hydrogen-bond acceptors (Lipinski definition) is 5. The van der Waals surface area contributed by atoms with Crippen LogP contribution in [0.15, 0.2) is 48.5 Å². The second-order valence-electron chi connectivity index (χ2n) is 9.21. The van der Waals surface area contributed by atoms with Crippen LogP contribution in [-0.4, -0.2) is 60.1 Å². The minimum absolute atomic E-state index is 0.0212. The van der Waals surface area contributed by atoms with Crippen molar-refractivity contribution in [1.29, 1.82) is 0 Å². The van der Waals surface area contributed by atoms with Crippen LogP contribution in [0.4, 0.5) is 26.3 Å². The number of likely N-dealkylation sites (tertiary alicyclic amines) is 1. The molecule has 1 fully saturated rings. The first kappa shape index (κ1) is 29.9. The molecule has 212 valence electrons. The number of nitrogens with one attached hydrogen (secondary N) is 1. The number of aliphatic carboxylic acids is 1. The number of carboxylic acid groups (broad SMARTS) is 1. The van der Waals surface area contributed by atoms with Gasteiger partial charge in [-0.05, 0) is 48.9 Å². The average molecular weight is 560 g/mol. The number of ether oxygens (including phenoxy) is 1. The molecule has 2 N–H and O–H groups in total. The minimum atomic E-state index is -5.09.